The Morgan fingerprint density at radius 1 is 1.39 bits per heavy atom. The Bertz CT molecular complexity index is 457. The lowest BCUT2D eigenvalue weighted by molar-refractivity contribution is -0.384. The van der Waals surface area contributed by atoms with E-state index in [0.29, 0.717) is 23.6 Å². The van der Waals surface area contributed by atoms with Crippen LogP contribution < -0.4 is 10.6 Å². The first-order valence-corrected chi connectivity index (χ1v) is 6.17. The number of hydrogen-bond donors (Lipinski definition) is 2. The van der Waals surface area contributed by atoms with Gasteiger partial charge in [-0.15, -0.1) is 0 Å². The van der Waals surface area contributed by atoms with E-state index in [1.807, 2.05) is 6.92 Å². The fourth-order valence-corrected chi connectivity index (χ4v) is 1.68. The van der Waals surface area contributed by atoms with Crippen LogP contribution in [0.4, 0.5) is 17.3 Å². The highest BCUT2D eigenvalue weighted by Gasteiger charge is 2.36. The van der Waals surface area contributed by atoms with Gasteiger partial charge in [-0.05, 0) is 25.2 Å². The van der Waals surface area contributed by atoms with Crippen molar-refractivity contribution in [2.45, 2.75) is 26.7 Å². The quantitative estimate of drug-likeness (QED) is 0.599. The van der Waals surface area contributed by atoms with Gasteiger partial charge in [-0.1, -0.05) is 6.92 Å². The molecule has 1 aliphatic carbocycles. The summed E-state index contributed by atoms with van der Waals surface area (Å²) in [5, 5.41) is 17.0. The summed E-state index contributed by atoms with van der Waals surface area (Å²) in [7, 11) is 0. The fourth-order valence-electron chi connectivity index (χ4n) is 1.68. The molecule has 0 unspecified atom stereocenters. The largest absolute Gasteiger partial charge is 0.370 e. The minimum atomic E-state index is -0.396. The molecule has 0 atom stereocenters. The van der Waals surface area contributed by atoms with Gasteiger partial charge in [-0.3, -0.25) is 10.1 Å². The summed E-state index contributed by atoms with van der Waals surface area (Å²) in [6.45, 7) is 5.62. The van der Waals surface area contributed by atoms with Crippen molar-refractivity contribution in [3.63, 3.8) is 0 Å². The lowest BCUT2D eigenvalue weighted by Gasteiger charge is -2.11. The monoisotopic (exact) mass is 250 g/mol. The molecule has 1 heterocycles. The van der Waals surface area contributed by atoms with Crippen molar-refractivity contribution in [2.75, 3.05) is 23.7 Å². The van der Waals surface area contributed by atoms with Crippen LogP contribution >= 0.6 is 0 Å². The van der Waals surface area contributed by atoms with Gasteiger partial charge in [-0.2, -0.15) is 0 Å². The Kier molecular flexibility index (Phi) is 3.36. The van der Waals surface area contributed by atoms with Gasteiger partial charge in [0.2, 0.25) is 0 Å². The molecule has 0 amide bonds. The molecule has 0 saturated heterocycles. The highest BCUT2D eigenvalue weighted by molar-refractivity contribution is 5.54. The van der Waals surface area contributed by atoms with E-state index in [9.17, 15) is 10.1 Å². The van der Waals surface area contributed by atoms with Crippen molar-refractivity contribution < 1.29 is 4.92 Å². The number of nitrogens with one attached hydrogen (secondary N) is 2. The van der Waals surface area contributed by atoms with E-state index < -0.39 is 4.92 Å². The molecule has 0 bridgehead atoms. The van der Waals surface area contributed by atoms with Crippen molar-refractivity contribution in [1.82, 2.24) is 4.98 Å². The van der Waals surface area contributed by atoms with Crippen LogP contribution in [-0.4, -0.2) is 23.0 Å². The third-order valence-corrected chi connectivity index (χ3v) is 3.18. The molecule has 18 heavy (non-hydrogen) atoms. The molecule has 1 aromatic rings. The first kappa shape index (κ1) is 12.6. The van der Waals surface area contributed by atoms with Gasteiger partial charge in [-0.25, -0.2) is 4.98 Å². The van der Waals surface area contributed by atoms with Crippen molar-refractivity contribution in [3.05, 3.63) is 22.2 Å². The third kappa shape index (κ3) is 3.09. The van der Waals surface area contributed by atoms with Crippen molar-refractivity contribution in [2.24, 2.45) is 5.41 Å². The maximum absolute atomic E-state index is 10.8. The first-order chi connectivity index (χ1) is 8.52. The Morgan fingerprint density at radius 2 is 2.00 bits per heavy atom. The highest BCUT2D eigenvalue weighted by atomic mass is 16.6. The van der Waals surface area contributed by atoms with Crippen molar-refractivity contribution >= 4 is 17.3 Å². The molecule has 6 nitrogen and oxygen atoms in total. The predicted octanol–water partition coefficient (Wildman–Crippen LogP) is 2.63. The van der Waals surface area contributed by atoms with Crippen LogP contribution in [0.25, 0.3) is 0 Å². The van der Waals surface area contributed by atoms with E-state index in [2.05, 4.69) is 22.5 Å². The molecule has 0 radical (unpaired) electrons. The highest BCUT2D eigenvalue weighted by Crippen LogP contribution is 2.44. The minimum absolute atomic E-state index is 0.0596. The van der Waals surface area contributed by atoms with Gasteiger partial charge in [0.05, 0.1) is 17.1 Å². The average molecular weight is 250 g/mol. The summed E-state index contributed by atoms with van der Waals surface area (Å²) in [5.41, 5.74) is 0.398. The van der Waals surface area contributed by atoms with Gasteiger partial charge < -0.3 is 10.6 Å². The molecule has 6 heteroatoms. The first-order valence-electron chi connectivity index (χ1n) is 6.17. The van der Waals surface area contributed by atoms with Gasteiger partial charge in [0.1, 0.15) is 11.6 Å². The molecular formula is C12H18N4O2. The number of nitrogens with zero attached hydrogens (tertiary/aromatic N) is 2. The molecule has 2 rings (SSSR count). The molecule has 1 aliphatic rings. The normalized spacial score (nSPS) is 16.1. The predicted molar refractivity (Wildman–Crippen MR) is 70.9 cm³/mol. The number of pyridine rings is 1. The summed E-state index contributed by atoms with van der Waals surface area (Å²) in [4.78, 5) is 14.8. The van der Waals surface area contributed by atoms with Crippen LogP contribution in [0.15, 0.2) is 12.1 Å². The summed E-state index contributed by atoms with van der Waals surface area (Å²) in [5.74, 6) is 1.10. The van der Waals surface area contributed by atoms with Crippen LogP contribution in [0, 0.1) is 15.5 Å². The standard InChI is InChI=1S/C12H18N4O2/c1-3-13-10-6-9(16(17)18)7-11(15-10)14-8-12(2)4-5-12/h6-7H,3-5,8H2,1-2H3,(H2,13,14,15). The van der Waals surface area contributed by atoms with Crippen molar-refractivity contribution in [3.8, 4) is 0 Å². The number of hydrogen-bond acceptors (Lipinski definition) is 5. The third-order valence-electron chi connectivity index (χ3n) is 3.18. The zero-order valence-electron chi connectivity index (χ0n) is 10.7. The Balaban J connectivity index is 2.13. The lowest BCUT2D eigenvalue weighted by atomic mass is 10.1. The molecule has 98 valence electrons. The smallest absolute Gasteiger partial charge is 0.276 e. The van der Waals surface area contributed by atoms with E-state index in [-0.39, 0.29) is 5.69 Å². The van der Waals surface area contributed by atoms with Crippen molar-refractivity contribution in [1.29, 1.82) is 0 Å². The topological polar surface area (TPSA) is 80.1 Å². The second-order valence-electron chi connectivity index (χ2n) is 5.05. The van der Waals surface area contributed by atoms with Crippen LogP contribution in [-0.2, 0) is 0 Å². The molecule has 1 aromatic heterocycles. The molecule has 1 saturated carbocycles. The van der Waals surface area contributed by atoms with Gasteiger partial charge >= 0.3 is 0 Å². The van der Waals surface area contributed by atoms with Crippen LogP contribution in [0.3, 0.4) is 0 Å². The van der Waals surface area contributed by atoms with Gasteiger partial charge in [0.25, 0.3) is 5.69 Å². The summed E-state index contributed by atoms with van der Waals surface area (Å²) < 4.78 is 0. The molecule has 2 N–H and O–H groups in total. The van der Waals surface area contributed by atoms with Gasteiger partial charge in [0.15, 0.2) is 0 Å². The number of anilines is 2. The fraction of sp³-hybridized carbons (Fsp3) is 0.583. The van der Waals surface area contributed by atoms with E-state index in [0.717, 1.165) is 6.54 Å². The number of aromatic nitrogens is 1. The van der Waals surface area contributed by atoms with Crippen LogP contribution in [0.2, 0.25) is 0 Å². The van der Waals surface area contributed by atoms with Crippen LogP contribution in [0.1, 0.15) is 26.7 Å². The van der Waals surface area contributed by atoms with Gasteiger partial charge in [0, 0.05) is 13.1 Å². The maximum Gasteiger partial charge on any atom is 0.276 e. The zero-order chi connectivity index (χ0) is 13.2. The Labute approximate surface area is 106 Å². The molecular weight excluding hydrogens is 232 g/mol. The lowest BCUT2D eigenvalue weighted by Crippen LogP contribution is -2.13. The second-order valence-corrected chi connectivity index (χ2v) is 5.05. The van der Waals surface area contributed by atoms with E-state index in [4.69, 9.17) is 0 Å². The summed E-state index contributed by atoms with van der Waals surface area (Å²) in [6.07, 6.45) is 2.41. The molecule has 0 spiro atoms. The minimum Gasteiger partial charge on any atom is -0.370 e. The number of rotatable bonds is 6. The maximum atomic E-state index is 10.8. The Morgan fingerprint density at radius 3 is 2.50 bits per heavy atom. The van der Waals surface area contributed by atoms with E-state index >= 15 is 0 Å². The van der Waals surface area contributed by atoms with Crippen LogP contribution in [0.5, 0.6) is 0 Å². The zero-order valence-corrected chi connectivity index (χ0v) is 10.7. The molecule has 0 aromatic carbocycles. The number of nitro groups is 1. The summed E-state index contributed by atoms with van der Waals surface area (Å²) in [6, 6.07) is 2.93. The molecule has 0 aliphatic heterocycles. The second kappa shape index (κ2) is 4.80. The van der Waals surface area contributed by atoms with E-state index in [1.165, 1.54) is 25.0 Å². The average Bonchev–Trinajstić information content (AvgIpc) is 3.06. The van der Waals surface area contributed by atoms with E-state index in [1.54, 1.807) is 0 Å². The Hall–Kier alpha value is -1.85. The summed E-state index contributed by atoms with van der Waals surface area (Å²) >= 11 is 0. The molecule has 1 fully saturated rings. The SMILES string of the molecule is CCNc1cc([N+](=O)[O-])cc(NCC2(C)CC2)n1.